The Morgan fingerprint density at radius 1 is 1.13 bits per heavy atom. The van der Waals surface area contributed by atoms with Crippen LogP contribution in [0, 0.1) is 6.92 Å². The van der Waals surface area contributed by atoms with Crippen molar-refractivity contribution in [1.82, 2.24) is 10.2 Å². The van der Waals surface area contributed by atoms with E-state index in [4.69, 9.17) is 10.2 Å². The first-order valence-corrected chi connectivity index (χ1v) is 8.00. The Hall–Kier alpha value is -2.46. The lowest BCUT2D eigenvalue weighted by Gasteiger charge is -2.07. The van der Waals surface area contributed by atoms with Gasteiger partial charge in [-0.3, -0.25) is 4.79 Å². The van der Waals surface area contributed by atoms with Crippen LogP contribution in [0.25, 0.3) is 0 Å². The molecule has 0 aliphatic carbocycles. The van der Waals surface area contributed by atoms with E-state index in [1.807, 2.05) is 0 Å². The number of aryl methyl sites for hydroxylation is 1. The highest BCUT2D eigenvalue weighted by atomic mass is 32.2. The molecule has 120 valence electrons. The van der Waals surface area contributed by atoms with Gasteiger partial charge in [-0.15, -0.1) is 10.2 Å². The van der Waals surface area contributed by atoms with E-state index in [1.54, 1.807) is 6.92 Å². The van der Waals surface area contributed by atoms with Crippen molar-refractivity contribution in [2.75, 3.05) is 11.1 Å². The highest BCUT2D eigenvalue weighted by Gasteiger charge is 2.13. The second kappa shape index (κ2) is 7.20. The molecule has 0 saturated carbocycles. The second-order valence-electron chi connectivity index (χ2n) is 4.33. The lowest BCUT2D eigenvalue weighted by Crippen LogP contribution is -2.15. The average molecular weight is 353 g/mol. The van der Waals surface area contributed by atoms with E-state index in [9.17, 15) is 14.4 Å². The van der Waals surface area contributed by atoms with Crippen LogP contribution in [0.4, 0.5) is 5.69 Å². The van der Waals surface area contributed by atoms with Crippen molar-refractivity contribution in [3.63, 3.8) is 0 Å². The van der Waals surface area contributed by atoms with Gasteiger partial charge >= 0.3 is 11.9 Å². The van der Waals surface area contributed by atoms with Gasteiger partial charge in [-0.05, 0) is 25.1 Å². The quantitative estimate of drug-likeness (QED) is 0.672. The second-order valence-corrected chi connectivity index (χ2v) is 6.74. The Morgan fingerprint density at radius 3 is 2.22 bits per heavy atom. The number of carboxylic acid groups (broad SMARTS) is 2. The number of rotatable bonds is 6. The molecule has 0 aliphatic rings. The molecule has 0 saturated heterocycles. The molecule has 10 heteroatoms. The summed E-state index contributed by atoms with van der Waals surface area (Å²) in [5, 5.41) is 28.9. The van der Waals surface area contributed by atoms with Gasteiger partial charge in [0.2, 0.25) is 5.91 Å². The summed E-state index contributed by atoms with van der Waals surface area (Å²) >= 11 is 2.54. The molecular formula is C13H11N3O5S2. The van der Waals surface area contributed by atoms with Gasteiger partial charge in [-0.1, -0.05) is 23.1 Å². The first kappa shape index (κ1) is 16.9. The van der Waals surface area contributed by atoms with Crippen LogP contribution in [0.1, 0.15) is 25.7 Å². The van der Waals surface area contributed by atoms with E-state index in [0.29, 0.717) is 4.34 Å². The topological polar surface area (TPSA) is 129 Å². The van der Waals surface area contributed by atoms with E-state index < -0.39 is 17.8 Å². The fraction of sp³-hybridized carbons (Fsp3) is 0.154. The summed E-state index contributed by atoms with van der Waals surface area (Å²) in [4.78, 5) is 33.9. The van der Waals surface area contributed by atoms with E-state index >= 15 is 0 Å². The van der Waals surface area contributed by atoms with Crippen molar-refractivity contribution in [2.24, 2.45) is 0 Å². The highest BCUT2D eigenvalue weighted by Crippen LogP contribution is 2.22. The van der Waals surface area contributed by atoms with Crippen LogP contribution in [0.5, 0.6) is 0 Å². The molecule has 23 heavy (non-hydrogen) atoms. The molecule has 2 rings (SSSR count). The number of carbonyl (C=O) groups is 3. The molecular weight excluding hydrogens is 342 g/mol. The number of carbonyl (C=O) groups excluding carboxylic acids is 1. The number of aromatic carboxylic acids is 2. The number of hydrogen-bond donors (Lipinski definition) is 3. The van der Waals surface area contributed by atoms with Gasteiger partial charge in [0.25, 0.3) is 0 Å². The smallest absolute Gasteiger partial charge is 0.335 e. The summed E-state index contributed by atoms with van der Waals surface area (Å²) in [6.07, 6.45) is 0. The third kappa shape index (κ3) is 4.76. The van der Waals surface area contributed by atoms with Crippen LogP contribution in [0.15, 0.2) is 22.5 Å². The molecule has 0 bridgehead atoms. The maximum Gasteiger partial charge on any atom is 0.335 e. The summed E-state index contributed by atoms with van der Waals surface area (Å²) in [5.74, 6) is -2.90. The first-order valence-electron chi connectivity index (χ1n) is 6.19. The number of carboxylic acids is 2. The van der Waals surface area contributed by atoms with Crippen LogP contribution in [-0.2, 0) is 4.79 Å². The highest BCUT2D eigenvalue weighted by molar-refractivity contribution is 8.01. The average Bonchev–Trinajstić information content (AvgIpc) is 2.90. The fourth-order valence-electron chi connectivity index (χ4n) is 1.61. The number of nitrogens with one attached hydrogen (secondary N) is 1. The lowest BCUT2D eigenvalue weighted by molar-refractivity contribution is -0.113. The van der Waals surface area contributed by atoms with Crippen molar-refractivity contribution >= 4 is 46.6 Å². The zero-order chi connectivity index (χ0) is 17.0. The maximum atomic E-state index is 11.9. The van der Waals surface area contributed by atoms with E-state index in [2.05, 4.69) is 15.5 Å². The maximum absolute atomic E-state index is 11.9. The Bertz CT molecular complexity index is 742. The third-order valence-corrected chi connectivity index (χ3v) is 4.52. The molecule has 8 nitrogen and oxygen atoms in total. The Balaban J connectivity index is 2.07. The number of thioether (sulfide) groups is 1. The van der Waals surface area contributed by atoms with Gasteiger partial charge in [-0.25, -0.2) is 9.59 Å². The molecule has 3 N–H and O–H groups in total. The van der Waals surface area contributed by atoms with Crippen LogP contribution < -0.4 is 5.32 Å². The van der Waals surface area contributed by atoms with Crippen molar-refractivity contribution in [1.29, 1.82) is 0 Å². The van der Waals surface area contributed by atoms with Crippen LogP contribution in [-0.4, -0.2) is 44.0 Å². The zero-order valence-corrected chi connectivity index (χ0v) is 13.4. The molecule has 0 unspecified atom stereocenters. The predicted molar refractivity (Wildman–Crippen MR) is 84.4 cm³/mol. The largest absolute Gasteiger partial charge is 0.478 e. The van der Waals surface area contributed by atoms with Crippen molar-refractivity contribution in [3.8, 4) is 0 Å². The van der Waals surface area contributed by atoms with Gasteiger partial charge in [0.15, 0.2) is 4.34 Å². The SMILES string of the molecule is Cc1nnc(SCC(=O)Nc2cc(C(=O)O)cc(C(=O)O)c2)s1. The Labute approximate surface area is 138 Å². The molecule has 0 radical (unpaired) electrons. The van der Waals surface area contributed by atoms with Gasteiger partial charge in [0, 0.05) is 5.69 Å². The Morgan fingerprint density at radius 2 is 1.74 bits per heavy atom. The van der Waals surface area contributed by atoms with Gasteiger partial charge in [-0.2, -0.15) is 0 Å². The normalized spacial score (nSPS) is 10.3. The molecule has 1 amide bonds. The number of aromatic nitrogens is 2. The number of amides is 1. The molecule has 0 atom stereocenters. The van der Waals surface area contributed by atoms with Gasteiger partial charge in [0.1, 0.15) is 5.01 Å². The van der Waals surface area contributed by atoms with E-state index in [0.717, 1.165) is 11.1 Å². The third-order valence-electron chi connectivity index (χ3n) is 2.54. The first-order chi connectivity index (χ1) is 10.8. The monoisotopic (exact) mass is 353 g/mol. The molecule has 0 fully saturated rings. The molecule has 1 aromatic carbocycles. The number of benzene rings is 1. The number of nitrogens with zero attached hydrogens (tertiary/aromatic N) is 2. The van der Waals surface area contributed by atoms with Crippen LogP contribution in [0.3, 0.4) is 0 Å². The van der Waals surface area contributed by atoms with Crippen LogP contribution >= 0.6 is 23.1 Å². The minimum Gasteiger partial charge on any atom is -0.478 e. The van der Waals surface area contributed by atoms with Gasteiger partial charge < -0.3 is 15.5 Å². The zero-order valence-electron chi connectivity index (χ0n) is 11.8. The van der Waals surface area contributed by atoms with Crippen molar-refractivity contribution in [2.45, 2.75) is 11.3 Å². The fourth-order valence-corrected chi connectivity index (χ4v) is 3.22. The molecule has 1 aromatic heterocycles. The standard InChI is InChI=1S/C13H11N3O5S2/c1-6-15-16-13(23-6)22-5-10(17)14-9-3-7(11(18)19)2-8(4-9)12(20)21/h2-4H,5H2,1H3,(H,14,17)(H,18,19)(H,20,21). The summed E-state index contributed by atoms with van der Waals surface area (Å²) < 4.78 is 0.642. The van der Waals surface area contributed by atoms with Crippen LogP contribution in [0.2, 0.25) is 0 Å². The van der Waals surface area contributed by atoms with E-state index in [-0.39, 0.29) is 22.6 Å². The minimum atomic E-state index is -1.28. The molecule has 1 heterocycles. The Kier molecular flexibility index (Phi) is 5.29. The molecule has 2 aromatic rings. The van der Waals surface area contributed by atoms with Gasteiger partial charge in [0.05, 0.1) is 16.9 Å². The summed E-state index contributed by atoms with van der Waals surface area (Å²) in [5.41, 5.74) is -0.318. The van der Waals surface area contributed by atoms with Crippen molar-refractivity contribution in [3.05, 3.63) is 34.3 Å². The molecule has 0 spiro atoms. The predicted octanol–water partition coefficient (Wildman–Crippen LogP) is 1.97. The minimum absolute atomic E-state index is 0.0499. The number of hydrogen-bond acceptors (Lipinski definition) is 7. The number of anilines is 1. The summed E-state index contributed by atoms with van der Waals surface area (Å²) in [6, 6.07) is 3.43. The summed E-state index contributed by atoms with van der Waals surface area (Å²) in [6.45, 7) is 1.80. The van der Waals surface area contributed by atoms with E-state index in [1.165, 1.54) is 35.2 Å². The summed E-state index contributed by atoms with van der Waals surface area (Å²) in [7, 11) is 0. The lowest BCUT2D eigenvalue weighted by atomic mass is 10.1. The van der Waals surface area contributed by atoms with Crippen molar-refractivity contribution < 1.29 is 24.6 Å². The molecule has 0 aliphatic heterocycles.